The van der Waals surface area contributed by atoms with E-state index in [1.807, 2.05) is 0 Å². The summed E-state index contributed by atoms with van der Waals surface area (Å²) in [5.41, 5.74) is 1.10. The minimum absolute atomic E-state index is 0.157. The van der Waals surface area contributed by atoms with Crippen LogP contribution in [0.4, 0.5) is 15.8 Å². The van der Waals surface area contributed by atoms with Crippen molar-refractivity contribution in [3.8, 4) is 5.75 Å². The van der Waals surface area contributed by atoms with E-state index < -0.39 is 17.6 Å². The van der Waals surface area contributed by atoms with E-state index in [1.54, 1.807) is 24.3 Å². The van der Waals surface area contributed by atoms with Crippen molar-refractivity contribution in [2.24, 2.45) is 0 Å². The van der Waals surface area contributed by atoms with Crippen molar-refractivity contribution in [3.05, 3.63) is 82.9 Å². The van der Waals surface area contributed by atoms with Crippen LogP contribution in [0.3, 0.4) is 0 Å². The second kappa shape index (κ2) is 8.49. The predicted octanol–water partition coefficient (Wildman–Crippen LogP) is 4.39. The van der Waals surface area contributed by atoms with E-state index in [9.17, 15) is 14.0 Å². The van der Waals surface area contributed by atoms with Crippen molar-refractivity contribution in [2.75, 3.05) is 17.7 Å². The van der Waals surface area contributed by atoms with Gasteiger partial charge >= 0.3 is 0 Å². The van der Waals surface area contributed by atoms with E-state index in [0.717, 1.165) is 0 Å². The molecule has 2 amide bonds. The first-order valence-corrected chi connectivity index (χ1v) is 8.51. The number of hydrogen-bond acceptors (Lipinski definition) is 4. The van der Waals surface area contributed by atoms with E-state index in [0.29, 0.717) is 22.1 Å². The molecule has 3 rings (SSSR count). The van der Waals surface area contributed by atoms with Gasteiger partial charge in [-0.3, -0.25) is 14.6 Å². The maximum atomic E-state index is 13.2. The Labute approximate surface area is 165 Å². The summed E-state index contributed by atoms with van der Waals surface area (Å²) < 4.78 is 18.3. The first-order chi connectivity index (χ1) is 13.5. The van der Waals surface area contributed by atoms with Crippen LogP contribution in [0.15, 0.2) is 60.9 Å². The summed E-state index contributed by atoms with van der Waals surface area (Å²) in [6, 6.07) is 11.7. The molecule has 0 fully saturated rings. The van der Waals surface area contributed by atoms with Crippen LogP contribution >= 0.6 is 11.6 Å². The van der Waals surface area contributed by atoms with Crippen LogP contribution in [0.5, 0.6) is 5.75 Å². The summed E-state index contributed by atoms with van der Waals surface area (Å²) in [5, 5.41) is 5.58. The highest BCUT2D eigenvalue weighted by Gasteiger charge is 2.13. The molecule has 0 unspecified atom stereocenters. The molecule has 0 bridgehead atoms. The molecule has 6 nitrogen and oxygen atoms in total. The van der Waals surface area contributed by atoms with E-state index in [1.165, 1.54) is 43.8 Å². The van der Waals surface area contributed by atoms with Crippen molar-refractivity contribution < 1.29 is 18.7 Å². The lowest BCUT2D eigenvalue weighted by Crippen LogP contribution is -2.16. The smallest absolute Gasteiger partial charge is 0.257 e. The Morgan fingerprint density at radius 1 is 0.964 bits per heavy atom. The number of pyridine rings is 1. The average molecular weight is 400 g/mol. The molecule has 3 aromatic rings. The summed E-state index contributed by atoms with van der Waals surface area (Å²) in [4.78, 5) is 28.7. The number of ether oxygens (including phenoxy) is 1. The Bertz CT molecular complexity index is 1040. The highest BCUT2D eigenvalue weighted by molar-refractivity contribution is 6.32. The topological polar surface area (TPSA) is 80.3 Å². The molecule has 0 aliphatic heterocycles. The second-order valence-corrected chi connectivity index (χ2v) is 6.14. The highest BCUT2D eigenvalue weighted by atomic mass is 35.5. The van der Waals surface area contributed by atoms with Gasteiger partial charge in [-0.25, -0.2) is 4.39 Å². The summed E-state index contributed by atoms with van der Waals surface area (Å²) in [6.07, 6.45) is 2.65. The molecule has 0 aliphatic carbocycles. The lowest BCUT2D eigenvalue weighted by Gasteiger charge is -2.09. The molecule has 0 aliphatic rings. The zero-order valence-electron chi connectivity index (χ0n) is 14.7. The molecule has 2 N–H and O–H groups in total. The van der Waals surface area contributed by atoms with Gasteiger partial charge in [-0.05, 0) is 42.5 Å². The number of methoxy groups -OCH3 is 1. The zero-order valence-corrected chi connectivity index (χ0v) is 15.5. The number of rotatable bonds is 5. The van der Waals surface area contributed by atoms with Gasteiger partial charge < -0.3 is 15.4 Å². The number of nitrogens with zero attached hydrogens (tertiary/aromatic N) is 1. The molecule has 1 aromatic heterocycles. The summed E-state index contributed by atoms with van der Waals surface area (Å²) >= 11 is 6.05. The number of benzene rings is 2. The lowest BCUT2D eigenvalue weighted by atomic mass is 10.1. The quantitative estimate of drug-likeness (QED) is 0.667. The number of carbonyl (C=O) groups is 2. The minimum atomic E-state index is -0.514. The van der Waals surface area contributed by atoms with Gasteiger partial charge in [-0.15, -0.1) is 0 Å². The fourth-order valence-corrected chi connectivity index (χ4v) is 2.66. The third kappa shape index (κ3) is 4.63. The van der Waals surface area contributed by atoms with Crippen molar-refractivity contribution in [2.45, 2.75) is 0 Å². The molecule has 0 saturated heterocycles. The maximum absolute atomic E-state index is 13.2. The van der Waals surface area contributed by atoms with Gasteiger partial charge in [0.2, 0.25) is 0 Å². The predicted molar refractivity (Wildman–Crippen MR) is 105 cm³/mol. The molecule has 28 heavy (non-hydrogen) atoms. The molecule has 2 aromatic carbocycles. The van der Waals surface area contributed by atoms with E-state index in [4.69, 9.17) is 16.3 Å². The van der Waals surface area contributed by atoms with E-state index in [-0.39, 0.29) is 11.1 Å². The Morgan fingerprint density at radius 3 is 2.18 bits per heavy atom. The Kier molecular flexibility index (Phi) is 5.86. The molecule has 0 spiro atoms. The third-order valence-electron chi connectivity index (χ3n) is 3.75. The van der Waals surface area contributed by atoms with Crippen molar-refractivity contribution in [1.82, 2.24) is 4.98 Å². The molecular weight excluding hydrogens is 385 g/mol. The normalized spacial score (nSPS) is 10.2. The van der Waals surface area contributed by atoms with E-state index >= 15 is 0 Å². The molecule has 0 radical (unpaired) electrons. The largest absolute Gasteiger partial charge is 0.495 e. The monoisotopic (exact) mass is 399 g/mol. The van der Waals surface area contributed by atoms with Gasteiger partial charge in [0.15, 0.2) is 0 Å². The van der Waals surface area contributed by atoms with E-state index in [2.05, 4.69) is 15.6 Å². The highest BCUT2D eigenvalue weighted by Crippen LogP contribution is 2.27. The fraction of sp³-hybridized carbons (Fsp3) is 0.0500. The fourth-order valence-electron chi connectivity index (χ4n) is 2.41. The van der Waals surface area contributed by atoms with Gasteiger partial charge in [0.25, 0.3) is 11.8 Å². The van der Waals surface area contributed by atoms with Crippen molar-refractivity contribution >= 4 is 34.8 Å². The van der Waals surface area contributed by atoms with Gasteiger partial charge in [0.1, 0.15) is 11.6 Å². The average Bonchev–Trinajstić information content (AvgIpc) is 2.68. The SMILES string of the molecule is COc1ccc(NC(=O)c2cncc(C(=O)Nc3cccc(F)c3)c2)cc1Cl. The van der Waals surface area contributed by atoms with Gasteiger partial charge in [-0.2, -0.15) is 0 Å². The van der Waals surface area contributed by atoms with Crippen LogP contribution < -0.4 is 15.4 Å². The second-order valence-electron chi connectivity index (χ2n) is 5.73. The Hall–Kier alpha value is -3.45. The van der Waals surface area contributed by atoms with Crippen molar-refractivity contribution in [3.63, 3.8) is 0 Å². The van der Waals surface area contributed by atoms with Gasteiger partial charge in [0, 0.05) is 23.8 Å². The van der Waals surface area contributed by atoms with Gasteiger partial charge in [-0.1, -0.05) is 17.7 Å². The molecule has 142 valence electrons. The third-order valence-corrected chi connectivity index (χ3v) is 4.05. The number of aromatic nitrogens is 1. The Morgan fingerprint density at radius 2 is 1.61 bits per heavy atom. The molecular formula is C20H15ClFN3O3. The molecule has 1 heterocycles. The summed E-state index contributed by atoms with van der Waals surface area (Å²) in [5.74, 6) is -0.964. The number of carbonyl (C=O) groups excluding carboxylic acids is 2. The van der Waals surface area contributed by atoms with Crippen LogP contribution in [0.1, 0.15) is 20.7 Å². The number of amides is 2. The Balaban J connectivity index is 1.74. The standard InChI is InChI=1S/C20H15ClFN3O3/c1-28-18-6-5-16(9-17(18)21)25-20(27)13-7-12(10-23-11-13)19(26)24-15-4-2-3-14(22)8-15/h2-11H,1H3,(H,24,26)(H,25,27). The molecule has 8 heteroatoms. The van der Waals surface area contributed by atoms with Gasteiger partial charge in [0.05, 0.1) is 23.3 Å². The number of nitrogens with one attached hydrogen (secondary N) is 2. The summed E-state index contributed by atoms with van der Waals surface area (Å²) in [6.45, 7) is 0. The number of hydrogen-bond donors (Lipinski definition) is 2. The van der Waals surface area contributed by atoms with Crippen LogP contribution in [-0.4, -0.2) is 23.9 Å². The lowest BCUT2D eigenvalue weighted by molar-refractivity contribution is 0.102. The van der Waals surface area contributed by atoms with Crippen LogP contribution in [0, 0.1) is 5.82 Å². The first kappa shape index (κ1) is 19.3. The first-order valence-electron chi connectivity index (χ1n) is 8.13. The zero-order chi connectivity index (χ0) is 20.1. The van der Waals surface area contributed by atoms with Crippen LogP contribution in [0.25, 0.3) is 0 Å². The molecule has 0 atom stereocenters. The summed E-state index contributed by atoms with van der Waals surface area (Å²) in [7, 11) is 1.49. The number of anilines is 2. The minimum Gasteiger partial charge on any atom is -0.495 e. The number of halogens is 2. The molecule has 0 saturated carbocycles. The maximum Gasteiger partial charge on any atom is 0.257 e. The van der Waals surface area contributed by atoms with Crippen molar-refractivity contribution in [1.29, 1.82) is 0 Å². The van der Waals surface area contributed by atoms with Crippen LogP contribution in [-0.2, 0) is 0 Å². The van der Waals surface area contributed by atoms with Crippen LogP contribution in [0.2, 0.25) is 5.02 Å².